The number of halogens is 2. The summed E-state index contributed by atoms with van der Waals surface area (Å²) in [6.45, 7) is 7.73. The van der Waals surface area contributed by atoms with Gasteiger partial charge in [0.2, 0.25) is 11.9 Å². The first-order valence-electron chi connectivity index (χ1n) is 9.07. The van der Waals surface area contributed by atoms with Crippen molar-refractivity contribution in [2.75, 3.05) is 42.3 Å². The second-order valence-corrected chi connectivity index (χ2v) is 7.79. The normalized spacial score (nSPS) is 14.5. The Hall–Kier alpha value is -2.20. The quantitative estimate of drug-likeness (QED) is 0.707. The molecule has 3 rings (SSSR count). The molecule has 1 aliphatic heterocycles. The van der Waals surface area contributed by atoms with Crippen molar-refractivity contribution < 1.29 is 18.3 Å². The summed E-state index contributed by atoms with van der Waals surface area (Å²) in [5, 5.41) is 11.8. The Morgan fingerprint density at radius 2 is 2.00 bits per heavy atom. The molecule has 0 spiro atoms. The van der Waals surface area contributed by atoms with Crippen LogP contribution in [0.25, 0.3) is 0 Å². The molecule has 0 saturated carbocycles. The number of hydrogen-bond acceptors (Lipinski definition) is 6. The van der Waals surface area contributed by atoms with Crippen molar-refractivity contribution in [1.82, 2.24) is 14.8 Å². The second kappa shape index (κ2) is 9.33. The largest absolute Gasteiger partial charge is 0.378 e. The van der Waals surface area contributed by atoms with Crippen molar-refractivity contribution in [3.63, 3.8) is 0 Å². The predicted octanol–water partition coefficient (Wildman–Crippen LogP) is 2.78. The van der Waals surface area contributed by atoms with Crippen molar-refractivity contribution in [3.05, 3.63) is 29.8 Å². The minimum absolute atomic E-state index is 0.0817. The van der Waals surface area contributed by atoms with Crippen LogP contribution in [0.15, 0.2) is 23.4 Å². The number of hydrogen-bond donors (Lipinski definition) is 1. The third-order valence-corrected chi connectivity index (χ3v) is 5.04. The highest BCUT2D eigenvalue weighted by Crippen LogP contribution is 2.24. The zero-order valence-corrected chi connectivity index (χ0v) is 16.6. The fraction of sp³-hybridized carbons (Fsp3) is 0.500. The number of aromatic nitrogens is 3. The molecule has 0 aliphatic carbocycles. The smallest absolute Gasteiger partial charge is 0.234 e. The second-order valence-electron chi connectivity index (χ2n) is 6.85. The molecule has 2 aromatic rings. The minimum atomic E-state index is -1.00. The Kier molecular flexibility index (Phi) is 6.84. The first-order valence-corrected chi connectivity index (χ1v) is 10.1. The molecule has 0 atom stereocenters. The summed E-state index contributed by atoms with van der Waals surface area (Å²) in [6.07, 6.45) is 0. The number of morpholine rings is 1. The lowest BCUT2D eigenvalue weighted by Gasteiger charge is -2.28. The number of benzene rings is 1. The highest BCUT2D eigenvalue weighted by atomic mass is 32.2. The van der Waals surface area contributed by atoms with Crippen LogP contribution in [0.1, 0.15) is 13.8 Å². The number of nitrogens with zero attached hydrogens (tertiary/aromatic N) is 4. The maximum Gasteiger partial charge on any atom is 0.234 e. The van der Waals surface area contributed by atoms with Gasteiger partial charge in [-0.1, -0.05) is 25.6 Å². The highest BCUT2D eigenvalue weighted by Gasteiger charge is 2.21. The summed E-state index contributed by atoms with van der Waals surface area (Å²) in [6, 6.07) is 3.25. The van der Waals surface area contributed by atoms with Crippen molar-refractivity contribution in [3.8, 4) is 0 Å². The van der Waals surface area contributed by atoms with E-state index >= 15 is 0 Å². The summed E-state index contributed by atoms with van der Waals surface area (Å²) in [5.74, 6) is -1.05. The number of rotatable bonds is 7. The number of nitrogens with one attached hydrogen (secondary N) is 1. The van der Waals surface area contributed by atoms with Crippen LogP contribution in [0.4, 0.5) is 20.4 Å². The van der Waals surface area contributed by atoms with Crippen LogP contribution in [0.5, 0.6) is 0 Å². The minimum Gasteiger partial charge on any atom is -0.378 e. The van der Waals surface area contributed by atoms with Gasteiger partial charge in [-0.3, -0.25) is 9.36 Å². The monoisotopic (exact) mass is 411 g/mol. The van der Waals surface area contributed by atoms with E-state index < -0.39 is 11.6 Å². The number of anilines is 2. The van der Waals surface area contributed by atoms with Gasteiger partial charge in [-0.2, -0.15) is 0 Å². The van der Waals surface area contributed by atoms with Crippen LogP contribution in [-0.4, -0.2) is 52.7 Å². The zero-order valence-electron chi connectivity index (χ0n) is 15.8. The van der Waals surface area contributed by atoms with Gasteiger partial charge in [0.05, 0.1) is 19.0 Å². The van der Waals surface area contributed by atoms with Crippen molar-refractivity contribution in [2.45, 2.75) is 25.5 Å². The van der Waals surface area contributed by atoms with Gasteiger partial charge in [-0.15, -0.1) is 10.2 Å². The van der Waals surface area contributed by atoms with E-state index in [0.717, 1.165) is 37.7 Å². The summed E-state index contributed by atoms with van der Waals surface area (Å²) in [4.78, 5) is 14.3. The average molecular weight is 411 g/mol. The Morgan fingerprint density at radius 1 is 1.25 bits per heavy atom. The van der Waals surface area contributed by atoms with Crippen LogP contribution in [0.3, 0.4) is 0 Å². The molecule has 1 fully saturated rings. The maximum absolute atomic E-state index is 13.3. The van der Waals surface area contributed by atoms with E-state index in [1.165, 1.54) is 17.8 Å². The van der Waals surface area contributed by atoms with E-state index in [1.54, 1.807) is 0 Å². The van der Waals surface area contributed by atoms with Gasteiger partial charge in [0.15, 0.2) is 16.8 Å². The predicted molar refractivity (Wildman–Crippen MR) is 104 cm³/mol. The molecular weight excluding hydrogens is 388 g/mol. The molecule has 7 nitrogen and oxygen atoms in total. The van der Waals surface area contributed by atoms with E-state index in [0.29, 0.717) is 24.3 Å². The SMILES string of the molecule is CC(C)Cn1c(SCC(=O)Nc2ccc(F)c(F)c2)nnc1N1CCOCC1. The molecule has 0 bridgehead atoms. The highest BCUT2D eigenvalue weighted by molar-refractivity contribution is 7.99. The molecule has 152 valence electrons. The lowest BCUT2D eigenvalue weighted by atomic mass is 10.2. The topological polar surface area (TPSA) is 72.3 Å². The molecular formula is C18H23F2N5O2S. The number of thioether (sulfide) groups is 1. The third kappa shape index (κ3) is 5.20. The van der Waals surface area contributed by atoms with E-state index in [-0.39, 0.29) is 17.3 Å². The number of ether oxygens (including phenoxy) is 1. The van der Waals surface area contributed by atoms with E-state index in [2.05, 4.69) is 34.3 Å². The summed E-state index contributed by atoms with van der Waals surface area (Å²) in [5.41, 5.74) is 0.210. The lowest BCUT2D eigenvalue weighted by Crippen LogP contribution is -2.38. The van der Waals surface area contributed by atoms with Crippen molar-refractivity contribution in [2.24, 2.45) is 5.92 Å². The Balaban J connectivity index is 1.66. The molecule has 1 aromatic heterocycles. The fourth-order valence-corrected chi connectivity index (χ4v) is 3.55. The first kappa shape index (κ1) is 20.5. The lowest BCUT2D eigenvalue weighted by molar-refractivity contribution is -0.113. The van der Waals surface area contributed by atoms with Crippen LogP contribution < -0.4 is 10.2 Å². The Labute approximate surface area is 166 Å². The molecule has 0 unspecified atom stereocenters. The molecule has 1 N–H and O–H groups in total. The van der Waals surface area contributed by atoms with E-state index in [1.807, 2.05) is 4.57 Å². The van der Waals surface area contributed by atoms with E-state index in [9.17, 15) is 13.6 Å². The molecule has 0 radical (unpaired) electrons. The standard InChI is InChI=1S/C18H23F2N5O2S/c1-12(2)10-25-17(24-5-7-27-8-6-24)22-23-18(25)28-11-16(26)21-13-3-4-14(19)15(20)9-13/h3-4,9,12H,5-8,10-11H2,1-2H3,(H,21,26). The molecule has 1 aliphatic rings. The number of carbonyl (C=O) groups is 1. The number of carbonyl (C=O) groups excluding carboxylic acids is 1. The van der Waals surface area contributed by atoms with Crippen LogP contribution >= 0.6 is 11.8 Å². The van der Waals surface area contributed by atoms with Crippen LogP contribution in [0.2, 0.25) is 0 Å². The van der Waals surface area contributed by atoms with Gasteiger partial charge in [0.25, 0.3) is 0 Å². The van der Waals surface area contributed by atoms with Gasteiger partial charge in [-0.25, -0.2) is 8.78 Å². The molecule has 28 heavy (non-hydrogen) atoms. The summed E-state index contributed by atoms with van der Waals surface area (Å²) < 4.78 is 33.7. The molecule has 10 heteroatoms. The van der Waals surface area contributed by atoms with Crippen molar-refractivity contribution in [1.29, 1.82) is 0 Å². The first-order chi connectivity index (χ1) is 13.4. The maximum atomic E-state index is 13.3. The zero-order chi connectivity index (χ0) is 20.1. The molecule has 1 aromatic carbocycles. The summed E-state index contributed by atoms with van der Waals surface area (Å²) >= 11 is 1.26. The fourth-order valence-electron chi connectivity index (χ4n) is 2.81. The van der Waals surface area contributed by atoms with Gasteiger partial charge in [0.1, 0.15) is 0 Å². The van der Waals surface area contributed by atoms with Crippen LogP contribution in [0, 0.1) is 17.6 Å². The average Bonchev–Trinajstić information content (AvgIpc) is 3.05. The van der Waals surface area contributed by atoms with Crippen molar-refractivity contribution >= 4 is 29.3 Å². The van der Waals surface area contributed by atoms with Crippen LogP contribution in [-0.2, 0) is 16.1 Å². The van der Waals surface area contributed by atoms with Gasteiger partial charge >= 0.3 is 0 Å². The van der Waals surface area contributed by atoms with E-state index in [4.69, 9.17) is 4.74 Å². The number of amides is 1. The van der Waals surface area contributed by atoms with Gasteiger partial charge in [-0.05, 0) is 18.1 Å². The summed E-state index contributed by atoms with van der Waals surface area (Å²) in [7, 11) is 0. The Bertz CT molecular complexity index is 824. The Morgan fingerprint density at radius 3 is 2.68 bits per heavy atom. The van der Waals surface area contributed by atoms with Gasteiger partial charge in [0, 0.05) is 31.4 Å². The third-order valence-electron chi connectivity index (χ3n) is 4.07. The van der Waals surface area contributed by atoms with Gasteiger partial charge < -0.3 is 15.0 Å². The molecule has 1 saturated heterocycles. The molecule has 2 heterocycles. The molecule has 1 amide bonds.